The Balaban J connectivity index is 2.22. The minimum Gasteiger partial charge on any atom is -0.395 e. The number of carbonyl (C=O) groups excluding carboxylic acids is 1. The molecule has 20 heavy (non-hydrogen) atoms. The van der Waals surface area contributed by atoms with Gasteiger partial charge in [-0.15, -0.1) is 0 Å². The van der Waals surface area contributed by atoms with Gasteiger partial charge in [0.15, 0.2) is 5.69 Å². The van der Waals surface area contributed by atoms with Gasteiger partial charge in [-0.1, -0.05) is 25.4 Å². The number of nitrogens with two attached hydrogens (primary N) is 1. The summed E-state index contributed by atoms with van der Waals surface area (Å²) in [6.45, 7) is 3.86. The highest BCUT2D eigenvalue weighted by Crippen LogP contribution is 2.23. The third-order valence-corrected chi connectivity index (χ3v) is 3.11. The molecule has 1 aromatic carbocycles. The maximum atomic E-state index is 13.3. The van der Waals surface area contributed by atoms with Gasteiger partial charge in [0, 0.05) is 5.69 Å². The van der Waals surface area contributed by atoms with Crippen molar-refractivity contribution >= 4 is 28.9 Å². The van der Waals surface area contributed by atoms with Crippen molar-refractivity contribution in [2.45, 2.75) is 19.8 Å². The highest BCUT2D eigenvalue weighted by Gasteiger charge is 2.19. The molecule has 0 unspecified atom stereocenters. The van der Waals surface area contributed by atoms with Crippen LogP contribution in [0.1, 0.15) is 35.9 Å². The van der Waals surface area contributed by atoms with Crippen LogP contribution in [0.5, 0.6) is 0 Å². The number of nitrogens with zero attached hydrogens (tertiary/aromatic N) is 1. The molecule has 0 fully saturated rings. The average Bonchev–Trinajstić information content (AvgIpc) is 2.76. The first kappa shape index (κ1) is 14.3. The van der Waals surface area contributed by atoms with Gasteiger partial charge >= 0.3 is 0 Å². The van der Waals surface area contributed by atoms with Gasteiger partial charge in [0.1, 0.15) is 5.82 Å². The van der Waals surface area contributed by atoms with Crippen LogP contribution in [0, 0.1) is 5.82 Å². The molecule has 0 atom stereocenters. The van der Waals surface area contributed by atoms with E-state index in [1.807, 2.05) is 13.8 Å². The summed E-state index contributed by atoms with van der Waals surface area (Å²) in [6, 6.07) is 3.99. The molecule has 0 aliphatic heterocycles. The molecule has 1 amide bonds. The number of anilines is 2. The number of H-pyrrole nitrogens is 1. The predicted octanol–water partition coefficient (Wildman–Crippen LogP) is 3.16. The second-order valence-electron chi connectivity index (χ2n) is 4.64. The number of hydrogen-bond acceptors (Lipinski definition) is 3. The SMILES string of the molecule is CC(C)c1[nH]nc(C(=O)Nc2ccc(Cl)c(F)c2)c1N. The van der Waals surface area contributed by atoms with E-state index in [0.29, 0.717) is 11.4 Å². The molecular weight excluding hydrogens is 283 g/mol. The number of aromatic nitrogens is 2. The molecular formula is C13H14ClFN4O. The zero-order valence-electron chi connectivity index (χ0n) is 11.0. The molecule has 0 radical (unpaired) electrons. The monoisotopic (exact) mass is 296 g/mol. The summed E-state index contributed by atoms with van der Waals surface area (Å²) < 4.78 is 13.3. The Morgan fingerprint density at radius 1 is 1.50 bits per heavy atom. The van der Waals surface area contributed by atoms with Crippen molar-refractivity contribution in [1.29, 1.82) is 0 Å². The summed E-state index contributed by atoms with van der Waals surface area (Å²) in [7, 11) is 0. The van der Waals surface area contributed by atoms with Crippen molar-refractivity contribution in [3.63, 3.8) is 0 Å². The molecule has 7 heteroatoms. The van der Waals surface area contributed by atoms with Crippen molar-refractivity contribution in [3.8, 4) is 0 Å². The summed E-state index contributed by atoms with van der Waals surface area (Å²) in [5.74, 6) is -0.994. The van der Waals surface area contributed by atoms with Gasteiger partial charge in [0.25, 0.3) is 5.91 Å². The normalized spacial score (nSPS) is 10.8. The molecule has 1 heterocycles. The maximum absolute atomic E-state index is 13.3. The van der Waals surface area contributed by atoms with E-state index < -0.39 is 11.7 Å². The van der Waals surface area contributed by atoms with Gasteiger partial charge in [0.2, 0.25) is 0 Å². The second kappa shape index (κ2) is 5.50. The lowest BCUT2D eigenvalue weighted by molar-refractivity contribution is 0.102. The van der Waals surface area contributed by atoms with Crippen LogP contribution in [0.2, 0.25) is 5.02 Å². The van der Waals surface area contributed by atoms with Crippen LogP contribution in [-0.4, -0.2) is 16.1 Å². The van der Waals surface area contributed by atoms with Crippen molar-refractivity contribution in [3.05, 3.63) is 40.4 Å². The topological polar surface area (TPSA) is 83.8 Å². The van der Waals surface area contributed by atoms with E-state index in [1.165, 1.54) is 12.1 Å². The van der Waals surface area contributed by atoms with Gasteiger partial charge in [-0.25, -0.2) is 4.39 Å². The number of nitrogens with one attached hydrogen (secondary N) is 2. The van der Waals surface area contributed by atoms with Gasteiger partial charge in [-0.2, -0.15) is 5.10 Å². The van der Waals surface area contributed by atoms with Crippen molar-refractivity contribution < 1.29 is 9.18 Å². The lowest BCUT2D eigenvalue weighted by Gasteiger charge is -2.05. The van der Waals surface area contributed by atoms with Crippen LogP contribution in [-0.2, 0) is 0 Å². The van der Waals surface area contributed by atoms with Gasteiger partial charge < -0.3 is 11.1 Å². The first-order valence-corrected chi connectivity index (χ1v) is 6.38. The largest absolute Gasteiger partial charge is 0.395 e. The summed E-state index contributed by atoms with van der Waals surface area (Å²) in [5, 5.41) is 9.13. The number of hydrogen-bond donors (Lipinski definition) is 3. The molecule has 2 rings (SSSR count). The molecule has 0 bridgehead atoms. The summed E-state index contributed by atoms with van der Waals surface area (Å²) in [4.78, 5) is 12.0. The molecule has 0 saturated heterocycles. The molecule has 2 aromatic rings. The summed E-state index contributed by atoms with van der Waals surface area (Å²) >= 11 is 5.57. The number of aromatic amines is 1. The Hall–Kier alpha value is -2.08. The second-order valence-corrected chi connectivity index (χ2v) is 5.04. The van der Waals surface area contributed by atoms with Gasteiger partial charge in [-0.05, 0) is 24.1 Å². The van der Waals surface area contributed by atoms with E-state index in [2.05, 4.69) is 15.5 Å². The van der Waals surface area contributed by atoms with E-state index in [-0.39, 0.29) is 22.3 Å². The maximum Gasteiger partial charge on any atom is 0.278 e. The average molecular weight is 297 g/mol. The number of rotatable bonds is 3. The minimum atomic E-state index is -0.609. The fraction of sp³-hybridized carbons (Fsp3) is 0.231. The third kappa shape index (κ3) is 2.75. The Morgan fingerprint density at radius 2 is 2.20 bits per heavy atom. The smallest absolute Gasteiger partial charge is 0.278 e. The van der Waals surface area contributed by atoms with Gasteiger partial charge in [0.05, 0.1) is 16.4 Å². The van der Waals surface area contributed by atoms with Crippen LogP contribution in [0.4, 0.5) is 15.8 Å². The Morgan fingerprint density at radius 3 is 2.75 bits per heavy atom. The Labute approximate surface area is 120 Å². The number of halogens is 2. The molecule has 0 aliphatic carbocycles. The quantitative estimate of drug-likeness (QED) is 0.813. The summed E-state index contributed by atoms with van der Waals surface area (Å²) in [5.41, 5.74) is 7.22. The fourth-order valence-corrected chi connectivity index (χ4v) is 1.86. The highest BCUT2D eigenvalue weighted by molar-refractivity contribution is 6.30. The zero-order valence-corrected chi connectivity index (χ0v) is 11.8. The fourth-order valence-electron chi connectivity index (χ4n) is 1.74. The molecule has 5 nitrogen and oxygen atoms in total. The van der Waals surface area contributed by atoms with Crippen LogP contribution in [0.3, 0.4) is 0 Å². The van der Waals surface area contributed by atoms with E-state index in [1.54, 1.807) is 0 Å². The number of carbonyl (C=O) groups is 1. The Kier molecular flexibility index (Phi) is 3.94. The van der Waals surface area contributed by atoms with Gasteiger partial charge in [-0.3, -0.25) is 9.89 Å². The molecule has 4 N–H and O–H groups in total. The zero-order chi connectivity index (χ0) is 14.9. The highest BCUT2D eigenvalue weighted by atomic mass is 35.5. The van der Waals surface area contributed by atoms with Crippen LogP contribution >= 0.6 is 11.6 Å². The lowest BCUT2D eigenvalue weighted by atomic mass is 10.1. The molecule has 0 aliphatic rings. The van der Waals surface area contributed by atoms with E-state index in [4.69, 9.17) is 17.3 Å². The van der Waals surface area contributed by atoms with E-state index in [9.17, 15) is 9.18 Å². The first-order valence-electron chi connectivity index (χ1n) is 6.00. The van der Waals surface area contributed by atoms with E-state index >= 15 is 0 Å². The van der Waals surface area contributed by atoms with Crippen molar-refractivity contribution in [1.82, 2.24) is 10.2 Å². The van der Waals surface area contributed by atoms with E-state index in [0.717, 1.165) is 6.07 Å². The molecule has 0 spiro atoms. The predicted molar refractivity (Wildman–Crippen MR) is 76.5 cm³/mol. The lowest BCUT2D eigenvalue weighted by Crippen LogP contribution is -2.14. The third-order valence-electron chi connectivity index (χ3n) is 2.80. The minimum absolute atomic E-state index is 0.00984. The van der Waals surface area contributed by atoms with Crippen molar-refractivity contribution in [2.24, 2.45) is 0 Å². The number of benzene rings is 1. The van der Waals surface area contributed by atoms with Crippen LogP contribution < -0.4 is 11.1 Å². The van der Waals surface area contributed by atoms with Crippen LogP contribution in [0.25, 0.3) is 0 Å². The van der Waals surface area contributed by atoms with Crippen LogP contribution in [0.15, 0.2) is 18.2 Å². The first-order chi connectivity index (χ1) is 9.40. The Bertz CT molecular complexity index is 654. The number of amides is 1. The molecule has 1 aromatic heterocycles. The standard InChI is InChI=1S/C13H14ClFN4O/c1-6(2)11-10(16)12(19-18-11)13(20)17-7-3-4-8(14)9(15)5-7/h3-6H,16H2,1-2H3,(H,17,20)(H,18,19). The van der Waals surface area contributed by atoms with Crippen molar-refractivity contribution in [2.75, 3.05) is 11.1 Å². The summed E-state index contributed by atoms with van der Waals surface area (Å²) in [6.07, 6.45) is 0. The molecule has 106 valence electrons. The molecule has 0 saturated carbocycles. The number of nitrogen functional groups attached to an aromatic ring is 1.